The summed E-state index contributed by atoms with van der Waals surface area (Å²) in [5.74, 6) is -0.180. The lowest BCUT2D eigenvalue weighted by molar-refractivity contribution is -0.139. The molecule has 0 amide bonds. The van der Waals surface area contributed by atoms with Gasteiger partial charge in [0.2, 0.25) is 0 Å². The van der Waals surface area contributed by atoms with Crippen molar-refractivity contribution in [3.63, 3.8) is 0 Å². The van der Waals surface area contributed by atoms with E-state index in [0.717, 1.165) is 17.5 Å². The molecule has 3 aromatic rings. The number of benzene rings is 1. The number of hydrogen-bond donors (Lipinski definition) is 2. The van der Waals surface area contributed by atoms with Gasteiger partial charge >= 0.3 is 12.0 Å². The molecule has 3 N–H and O–H groups in total. The maximum absolute atomic E-state index is 11.5. The third-order valence-corrected chi connectivity index (χ3v) is 3.92. The van der Waals surface area contributed by atoms with E-state index in [1.807, 2.05) is 31.2 Å². The van der Waals surface area contributed by atoms with E-state index in [4.69, 9.17) is 15.2 Å². The van der Waals surface area contributed by atoms with Crippen molar-refractivity contribution in [2.24, 2.45) is 0 Å². The van der Waals surface area contributed by atoms with Gasteiger partial charge in [-0.25, -0.2) is 0 Å². The third kappa shape index (κ3) is 4.08. The lowest BCUT2D eigenvalue weighted by atomic mass is 10.1. The summed E-state index contributed by atoms with van der Waals surface area (Å²) < 4.78 is 11.7. The van der Waals surface area contributed by atoms with Crippen LogP contribution in [0.25, 0.3) is 11.2 Å². The Morgan fingerprint density at radius 1 is 1.26 bits per heavy atom. The summed E-state index contributed by atoms with van der Waals surface area (Å²) in [6.07, 6.45) is 0.976. The Kier molecular flexibility index (Phi) is 5.39. The second kappa shape index (κ2) is 7.90. The Labute approximate surface area is 155 Å². The summed E-state index contributed by atoms with van der Waals surface area (Å²) in [6, 6.07) is 7.33. The molecule has 2 aromatic heterocycles. The van der Waals surface area contributed by atoms with Crippen LogP contribution in [-0.2, 0) is 22.5 Å². The molecule has 0 saturated heterocycles. The van der Waals surface area contributed by atoms with Gasteiger partial charge in [-0.3, -0.25) is 9.36 Å². The molecule has 0 spiro atoms. The molecular formula is C18H21N5O4. The van der Waals surface area contributed by atoms with Gasteiger partial charge in [0, 0.05) is 0 Å². The van der Waals surface area contributed by atoms with Crippen molar-refractivity contribution >= 4 is 23.0 Å². The van der Waals surface area contributed by atoms with Crippen LogP contribution in [0.4, 0.5) is 5.82 Å². The van der Waals surface area contributed by atoms with E-state index in [2.05, 4.69) is 15.0 Å². The van der Waals surface area contributed by atoms with Gasteiger partial charge in [-0.05, 0) is 17.5 Å². The van der Waals surface area contributed by atoms with Crippen LogP contribution in [0.15, 0.2) is 24.3 Å². The predicted molar refractivity (Wildman–Crippen MR) is 98.5 cm³/mol. The molecule has 2 heterocycles. The van der Waals surface area contributed by atoms with Gasteiger partial charge in [-0.2, -0.15) is 15.0 Å². The minimum Gasteiger partial charge on any atom is -0.480 e. The van der Waals surface area contributed by atoms with Crippen LogP contribution >= 0.6 is 0 Å². The number of nitrogens with zero attached hydrogens (tertiary/aromatic N) is 4. The quantitative estimate of drug-likeness (QED) is 0.601. The van der Waals surface area contributed by atoms with Crippen LogP contribution in [0.3, 0.4) is 0 Å². The molecule has 0 aliphatic heterocycles. The zero-order chi connectivity index (χ0) is 19.4. The molecule has 0 atom stereocenters. The average Bonchev–Trinajstić information content (AvgIpc) is 2.96. The van der Waals surface area contributed by atoms with Gasteiger partial charge in [-0.15, -0.1) is 0 Å². The minimum absolute atomic E-state index is 0.139. The van der Waals surface area contributed by atoms with Crippen LogP contribution in [-0.4, -0.2) is 44.3 Å². The number of nitrogen functional groups attached to an aromatic ring is 1. The highest BCUT2D eigenvalue weighted by Gasteiger charge is 2.17. The highest BCUT2D eigenvalue weighted by Crippen LogP contribution is 2.26. The van der Waals surface area contributed by atoms with Crippen molar-refractivity contribution in [1.29, 1.82) is 0 Å². The fourth-order valence-corrected chi connectivity index (χ4v) is 2.65. The Morgan fingerprint density at radius 3 is 2.78 bits per heavy atom. The van der Waals surface area contributed by atoms with Gasteiger partial charge in [-0.1, -0.05) is 31.2 Å². The number of fused-ring (bicyclic) bond motifs is 1. The van der Waals surface area contributed by atoms with E-state index >= 15 is 0 Å². The molecule has 142 valence electrons. The first-order valence-corrected chi connectivity index (χ1v) is 8.52. The van der Waals surface area contributed by atoms with Crippen molar-refractivity contribution < 1.29 is 19.4 Å². The van der Waals surface area contributed by atoms with Crippen LogP contribution < -0.4 is 10.5 Å². The second-order valence-corrected chi connectivity index (χ2v) is 5.98. The highest BCUT2D eigenvalue weighted by atomic mass is 16.5. The lowest BCUT2D eigenvalue weighted by Gasteiger charge is -2.08. The van der Waals surface area contributed by atoms with Crippen LogP contribution in [0.5, 0.6) is 12.0 Å². The monoisotopic (exact) mass is 371 g/mol. The SMILES string of the molecule is CCCOc1nc(N)c2nc(O)n(Cc3cccc(CC(=O)OC)c3)c2n1. The van der Waals surface area contributed by atoms with Crippen molar-refractivity contribution in [2.45, 2.75) is 26.3 Å². The van der Waals surface area contributed by atoms with E-state index in [1.54, 1.807) is 0 Å². The van der Waals surface area contributed by atoms with E-state index in [1.165, 1.54) is 11.7 Å². The second-order valence-electron chi connectivity index (χ2n) is 5.98. The molecule has 0 fully saturated rings. The zero-order valence-electron chi connectivity index (χ0n) is 15.2. The van der Waals surface area contributed by atoms with Gasteiger partial charge in [0.05, 0.1) is 26.7 Å². The molecule has 0 unspecified atom stereocenters. The van der Waals surface area contributed by atoms with E-state index in [9.17, 15) is 9.90 Å². The summed E-state index contributed by atoms with van der Waals surface area (Å²) in [7, 11) is 1.35. The van der Waals surface area contributed by atoms with Crippen molar-refractivity contribution in [3.8, 4) is 12.0 Å². The highest BCUT2D eigenvalue weighted by molar-refractivity contribution is 5.83. The standard InChI is InChI=1S/C18H21N5O4/c1-3-7-27-17-21-15(19)14-16(22-17)23(18(25)20-14)10-12-6-4-5-11(8-12)9-13(24)26-2/h4-6,8H,3,7,9-10H2,1-2H3,(H,20,25)(H2,19,21,22). The van der Waals surface area contributed by atoms with Gasteiger partial charge in [0.15, 0.2) is 17.0 Å². The molecular weight excluding hydrogens is 350 g/mol. The summed E-state index contributed by atoms with van der Waals surface area (Å²) in [4.78, 5) is 23.9. The number of hydrogen-bond acceptors (Lipinski definition) is 8. The Bertz CT molecular complexity index is 970. The van der Waals surface area contributed by atoms with E-state index in [-0.39, 0.29) is 30.2 Å². The number of esters is 1. The molecule has 0 aliphatic carbocycles. The van der Waals surface area contributed by atoms with Crippen molar-refractivity contribution in [3.05, 3.63) is 35.4 Å². The van der Waals surface area contributed by atoms with Gasteiger partial charge in [0.25, 0.3) is 6.01 Å². The number of anilines is 1. The molecule has 0 saturated carbocycles. The maximum Gasteiger partial charge on any atom is 0.320 e. The number of aromatic nitrogens is 4. The minimum atomic E-state index is -0.318. The molecule has 0 bridgehead atoms. The average molecular weight is 371 g/mol. The number of aromatic hydroxyl groups is 1. The lowest BCUT2D eigenvalue weighted by Crippen LogP contribution is -2.07. The number of imidazole rings is 1. The normalized spacial score (nSPS) is 10.9. The van der Waals surface area contributed by atoms with Crippen LogP contribution in [0.1, 0.15) is 24.5 Å². The van der Waals surface area contributed by atoms with Gasteiger partial charge in [0.1, 0.15) is 0 Å². The number of carbonyl (C=O) groups is 1. The molecule has 9 heteroatoms. The number of rotatable bonds is 7. The molecule has 1 aromatic carbocycles. The maximum atomic E-state index is 11.5. The van der Waals surface area contributed by atoms with E-state index in [0.29, 0.717) is 24.3 Å². The Balaban J connectivity index is 1.94. The van der Waals surface area contributed by atoms with E-state index < -0.39 is 0 Å². The largest absolute Gasteiger partial charge is 0.480 e. The summed E-state index contributed by atoms with van der Waals surface area (Å²) in [5.41, 5.74) is 8.29. The molecule has 27 heavy (non-hydrogen) atoms. The number of nitrogens with two attached hydrogens (primary N) is 1. The summed E-state index contributed by atoms with van der Waals surface area (Å²) in [5, 5.41) is 10.3. The molecule has 9 nitrogen and oxygen atoms in total. The first kappa shape index (κ1) is 18.4. The van der Waals surface area contributed by atoms with Crippen molar-refractivity contribution in [2.75, 3.05) is 19.5 Å². The fraction of sp³-hybridized carbons (Fsp3) is 0.333. The third-order valence-electron chi connectivity index (χ3n) is 3.92. The molecule has 0 aliphatic rings. The smallest absolute Gasteiger partial charge is 0.320 e. The first-order chi connectivity index (χ1) is 13.0. The van der Waals surface area contributed by atoms with Crippen molar-refractivity contribution in [1.82, 2.24) is 19.5 Å². The summed E-state index contributed by atoms with van der Waals surface area (Å²) >= 11 is 0. The molecule has 0 radical (unpaired) electrons. The number of methoxy groups -OCH3 is 1. The zero-order valence-corrected chi connectivity index (χ0v) is 15.2. The number of carbonyl (C=O) groups excluding carboxylic acids is 1. The Hall–Kier alpha value is -3.36. The Morgan fingerprint density at radius 2 is 2.04 bits per heavy atom. The van der Waals surface area contributed by atoms with Crippen LogP contribution in [0, 0.1) is 0 Å². The topological polar surface area (TPSA) is 125 Å². The fourth-order valence-electron chi connectivity index (χ4n) is 2.65. The molecule has 3 rings (SSSR count). The van der Waals surface area contributed by atoms with Crippen LogP contribution in [0.2, 0.25) is 0 Å². The first-order valence-electron chi connectivity index (χ1n) is 8.52. The summed E-state index contributed by atoms with van der Waals surface area (Å²) in [6.45, 7) is 2.72. The number of ether oxygens (including phenoxy) is 2. The predicted octanol–water partition coefficient (Wildman–Crippen LogP) is 1.67. The van der Waals surface area contributed by atoms with Gasteiger partial charge < -0.3 is 20.3 Å².